The van der Waals surface area contributed by atoms with Crippen LogP contribution in [0.2, 0.25) is 0 Å². The summed E-state index contributed by atoms with van der Waals surface area (Å²) in [7, 11) is 0. The zero-order valence-electron chi connectivity index (χ0n) is 14.6. The van der Waals surface area contributed by atoms with Crippen LogP contribution in [0.25, 0.3) is 0 Å². The normalized spacial score (nSPS) is 10.7. The summed E-state index contributed by atoms with van der Waals surface area (Å²) in [5.41, 5.74) is 4.85. The monoisotopic (exact) mass is 371 g/mol. The van der Waals surface area contributed by atoms with E-state index < -0.39 is 0 Å². The third-order valence-electron chi connectivity index (χ3n) is 3.69. The van der Waals surface area contributed by atoms with Crippen molar-refractivity contribution in [1.82, 2.24) is 10.2 Å². The molecule has 1 aromatic heterocycles. The molecule has 0 aliphatic carbocycles. The van der Waals surface area contributed by atoms with Gasteiger partial charge in [-0.05, 0) is 44.0 Å². The number of nitrogens with zero attached hydrogens (tertiary/aromatic N) is 2. The van der Waals surface area contributed by atoms with Gasteiger partial charge in [-0.2, -0.15) is 0 Å². The van der Waals surface area contributed by atoms with Gasteiger partial charge < -0.3 is 10.1 Å². The Bertz CT molecular complexity index is 848. The first-order valence-corrected chi connectivity index (χ1v) is 9.97. The molecule has 0 aliphatic heterocycles. The maximum Gasteiger partial charge on any atom is 0.210 e. The van der Waals surface area contributed by atoms with Crippen molar-refractivity contribution in [2.45, 2.75) is 30.9 Å². The number of thioether (sulfide) groups is 1. The van der Waals surface area contributed by atoms with E-state index in [9.17, 15) is 0 Å². The number of benzene rings is 2. The molecule has 0 amide bonds. The molecule has 0 saturated carbocycles. The van der Waals surface area contributed by atoms with Gasteiger partial charge in [0, 0.05) is 5.75 Å². The summed E-state index contributed by atoms with van der Waals surface area (Å²) in [4.78, 5) is 0. The third-order valence-corrected chi connectivity index (χ3v) is 5.71. The Labute approximate surface area is 156 Å². The van der Waals surface area contributed by atoms with E-state index in [2.05, 4.69) is 47.6 Å². The molecule has 0 spiro atoms. The molecule has 0 atom stereocenters. The van der Waals surface area contributed by atoms with E-state index in [0.717, 1.165) is 26.7 Å². The van der Waals surface area contributed by atoms with Crippen LogP contribution in [-0.2, 0) is 5.75 Å². The first kappa shape index (κ1) is 17.8. The van der Waals surface area contributed by atoms with Crippen LogP contribution in [0.4, 0.5) is 10.8 Å². The number of hydrogen-bond acceptors (Lipinski definition) is 6. The lowest BCUT2D eigenvalue weighted by atomic mass is 10.1. The van der Waals surface area contributed by atoms with Gasteiger partial charge >= 0.3 is 0 Å². The number of ether oxygens (including phenoxy) is 1. The van der Waals surface area contributed by atoms with Crippen LogP contribution in [0.5, 0.6) is 5.75 Å². The standard InChI is InChI=1S/C19H21N3OS2/c1-4-23-17-8-6-5-7-16(17)20-18-21-22-19(25-18)24-12-15-11-13(2)9-10-14(15)3/h5-11H,4,12H2,1-3H3,(H,20,21). The topological polar surface area (TPSA) is 47.0 Å². The second kappa shape index (κ2) is 8.36. The van der Waals surface area contributed by atoms with Crippen LogP contribution in [0.3, 0.4) is 0 Å². The lowest BCUT2D eigenvalue weighted by molar-refractivity contribution is 0.342. The summed E-state index contributed by atoms with van der Waals surface area (Å²) in [6, 6.07) is 14.4. The van der Waals surface area contributed by atoms with Crippen molar-refractivity contribution in [2.24, 2.45) is 0 Å². The van der Waals surface area contributed by atoms with Crippen LogP contribution < -0.4 is 10.1 Å². The second-order valence-corrected chi connectivity index (χ2v) is 7.85. The molecule has 0 aliphatic rings. The number of nitrogens with one attached hydrogen (secondary N) is 1. The number of hydrogen-bond donors (Lipinski definition) is 1. The highest BCUT2D eigenvalue weighted by molar-refractivity contribution is 8.00. The zero-order chi connectivity index (χ0) is 17.6. The van der Waals surface area contributed by atoms with Gasteiger partial charge in [0.25, 0.3) is 0 Å². The number of para-hydroxylation sites is 2. The highest BCUT2D eigenvalue weighted by Gasteiger charge is 2.09. The molecular weight excluding hydrogens is 350 g/mol. The zero-order valence-corrected chi connectivity index (χ0v) is 16.2. The van der Waals surface area contributed by atoms with Crippen molar-refractivity contribution in [2.75, 3.05) is 11.9 Å². The van der Waals surface area contributed by atoms with Crippen LogP contribution >= 0.6 is 23.1 Å². The first-order valence-electron chi connectivity index (χ1n) is 8.17. The van der Waals surface area contributed by atoms with Gasteiger partial charge in [-0.1, -0.05) is 59.0 Å². The Kier molecular flexibility index (Phi) is 5.94. The predicted molar refractivity (Wildman–Crippen MR) is 106 cm³/mol. The molecule has 4 nitrogen and oxygen atoms in total. The van der Waals surface area contributed by atoms with Gasteiger partial charge in [0.1, 0.15) is 5.75 Å². The molecule has 0 bridgehead atoms. The van der Waals surface area contributed by atoms with Crippen molar-refractivity contribution < 1.29 is 4.74 Å². The van der Waals surface area contributed by atoms with E-state index in [1.165, 1.54) is 16.7 Å². The van der Waals surface area contributed by atoms with Crippen LogP contribution in [0.15, 0.2) is 46.8 Å². The van der Waals surface area contributed by atoms with E-state index in [1.54, 1.807) is 23.1 Å². The molecule has 130 valence electrons. The number of aromatic nitrogens is 2. The fourth-order valence-corrected chi connectivity index (χ4v) is 4.21. The fraction of sp³-hybridized carbons (Fsp3) is 0.263. The van der Waals surface area contributed by atoms with Crippen LogP contribution in [-0.4, -0.2) is 16.8 Å². The Hall–Kier alpha value is -2.05. The van der Waals surface area contributed by atoms with Crippen molar-refractivity contribution in [3.63, 3.8) is 0 Å². The Morgan fingerprint density at radius 3 is 2.80 bits per heavy atom. The lowest BCUT2D eigenvalue weighted by Crippen LogP contribution is -1.97. The van der Waals surface area contributed by atoms with Gasteiger partial charge in [-0.15, -0.1) is 10.2 Å². The largest absolute Gasteiger partial charge is 0.492 e. The summed E-state index contributed by atoms with van der Waals surface area (Å²) >= 11 is 3.27. The summed E-state index contributed by atoms with van der Waals surface area (Å²) < 4.78 is 6.59. The highest BCUT2D eigenvalue weighted by atomic mass is 32.2. The average molecular weight is 372 g/mol. The van der Waals surface area contributed by atoms with Crippen molar-refractivity contribution in [1.29, 1.82) is 0 Å². The predicted octanol–water partition coefficient (Wildman–Crippen LogP) is 5.59. The molecular formula is C19H21N3OS2. The quantitative estimate of drug-likeness (QED) is 0.549. The van der Waals surface area contributed by atoms with Crippen molar-refractivity contribution in [3.05, 3.63) is 59.2 Å². The molecule has 6 heteroatoms. The Morgan fingerprint density at radius 1 is 1.12 bits per heavy atom. The van der Waals surface area contributed by atoms with Crippen molar-refractivity contribution in [3.8, 4) is 5.75 Å². The molecule has 0 unspecified atom stereocenters. The van der Waals surface area contributed by atoms with Gasteiger partial charge in [-0.25, -0.2) is 0 Å². The fourth-order valence-electron chi connectivity index (χ4n) is 2.38. The third kappa shape index (κ3) is 4.74. The van der Waals surface area contributed by atoms with Crippen LogP contribution in [0, 0.1) is 13.8 Å². The van der Waals surface area contributed by atoms with E-state index >= 15 is 0 Å². The van der Waals surface area contributed by atoms with E-state index in [-0.39, 0.29) is 0 Å². The lowest BCUT2D eigenvalue weighted by Gasteiger charge is -2.09. The minimum absolute atomic E-state index is 0.631. The number of anilines is 2. The van der Waals surface area contributed by atoms with Gasteiger partial charge in [-0.3, -0.25) is 0 Å². The summed E-state index contributed by atoms with van der Waals surface area (Å²) in [6.45, 7) is 6.87. The second-order valence-electron chi connectivity index (χ2n) is 5.65. The molecule has 3 aromatic rings. The maximum atomic E-state index is 5.63. The minimum atomic E-state index is 0.631. The molecule has 0 fully saturated rings. The first-order chi connectivity index (χ1) is 12.2. The smallest absolute Gasteiger partial charge is 0.210 e. The maximum absolute atomic E-state index is 5.63. The highest BCUT2D eigenvalue weighted by Crippen LogP contribution is 2.33. The molecule has 3 rings (SSSR count). The van der Waals surface area contributed by atoms with Gasteiger partial charge in [0.05, 0.1) is 12.3 Å². The van der Waals surface area contributed by atoms with E-state index in [1.807, 2.05) is 31.2 Å². The molecule has 1 N–H and O–H groups in total. The molecule has 25 heavy (non-hydrogen) atoms. The molecule has 1 heterocycles. The van der Waals surface area contributed by atoms with Crippen molar-refractivity contribution >= 4 is 33.9 Å². The number of rotatable bonds is 7. The molecule has 2 aromatic carbocycles. The molecule has 0 radical (unpaired) electrons. The van der Waals surface area contributed by atoms with Crippen LogP contribution in [0.1, 0.15) is 23.6 Å². The SMILES string of the molecule is CCOc1ccccc1Nc1nnc(SCc2cc(C)ccc2C)s1. The summed E-state index contributed by atoms with van der Waals surface area (Å²) in [5, 5.41) is 12.6. The van der Waals surface area contributed by atoms with E-state index in [0.29, 0.717) is 6.61 Å². The Morgan fingerprint density at radius 2 is 1.96 bits per heavy atom. The molecule has 0 saturated heterocycles. The Balaban J connectivity index is 1.66. The van der Waals surface area contributed by atoms with E-state index in [4.69, 9.17) is 4.74 Å². The summed E-state index contributed by atoms with van der Waals surface area (Å²) in [5.74, 6) is 1.72. The number of aryl methyl sites for hydroxylation is 2. The van der Waals surface area contributed by atoms with Gasteiger partial charge in [0.15, 0.2) is 4.34 Å². The average Bonchev–Trinajstić information content (AvgIpc) is 3.05. The van der Waals surface area contributed by atoms with Gasteiger partial charge in [0.2, 0.25) is 5.13 Å². The minimum Gasteiger partial charge on any atom is -0.492 e. The summed E-state index contributed by atoms with van der Waals surface area (Å²) in [6.07, 6.45) is 0.